The van der Waals surface area contributed by atoms with Crippen molar-refractivity contribution in [1.29, 1.82) is 0 Å². The maximum Gasteiger partial charge on any atom is 0.0706 e. The van der Waals surface area contributed by atoms with E-state index < -0.39 is 0 Å². The Morgan fingerprint density at radius 2 is 2.06 bits per heavy atom. The fourth-order valence-corrected chi connectivity index (χ4v) is 3.33. The SMILES string of the molecule is CC1CCC(CN2CC(C)(C)NCC2C(C)C)O1. The van der Waals surface area contributed by atoms with Gasteiger partial charge in [-0.15, -0.1) is 0 Å². The maximum absolute atomic E-state index is 6.00. The molecule has 0 saturated carbocycles. The predicted octanol–water partition coefficient (Wildman–Crippen LogP) is 2.26. The molecular weight excluding hydrogens is 224 g/mol. The van der Waals surface area contributed by atoms with Crippen LogP contribution in [0.3, 0.4) is 0 Å². The number of hydrogen-bond donors (Lipinski definition) is 1. The van der Waals surface area contributed by atoms with E-state index in [4.69, 9.17) is 4.74 Å². The van der Waals surface area contributed by atoms with Crippen molar-refractivity contribution in [3.8, 4) is 0 Å². The van der Waals surface area contributed by atoms with Crippen molar-refractivity contribution < 1.29 is 4.74 Å². The van der Waals surface area contributed by atoms with E-state index in [0.29, 0.717) is 24.2 Å². The van der Waals surface area contributed by atoms with Gasteiger partial charge in [-0.2, -0.15) is 0 Å². The van der Waals surface area contributed by atoms with Gasteiger partial charge in [-0.3, -0.25) is 4.90 Å². The van der Waals surface area contributed by atoms with Gasteiger partial charge in [-0.05, 0) is 39.5 Å². The van der Waals surface area contributed by atoms with Crippen LogP contribution in [0.2, 0.25) is 0 Å². The molecule has 0 aliphatic carbocycles. The fourth-order valence-electron chi connectivity index (χ4n) is 3.33. The molecule has 0 aromatic carbocycles. The van der Waals surface area contributed by atoms with Gasteiger partial charge in [0.1, 0.15) is 0 Å². The molecule has 3 heteroatoms. The maximum atomic E-state index is 6.00. The van der Waals surface area contributed by atoms with Crippen LogP contribution < -0.4 is 5.32 Å². The lowest BCUT2D eigenvalue weighted by Gasteiger charge is -2.47. The summed E-state index contributed by atoms with van der Waals surface area (Å²) in [5.41, 5.74) is 0.232. The first kappa shape index (κ1) is 14.3. The highest BCUT2D eigenvalue weighted by Gasteiger charge is 2.36. The summed E-state index contributed by atoms with van der Waals surface area (Å²) in [6.07, 6.45) is 3.38. The number of ether oxygens (including phenoxy) is 1. The van der Waals surface area contributed by atoms with Crippen LogP contribution >= 0.6 is 0 Å². The van der Waals surface area contributed by atoms with Crippen molar-refractivity contribution in [2.75, 3.05) is 19.6 Å². The minimum Gasteiger partial charge on any atom is -0.374 e. The predicted molar refractivity (Wildman–Crippen MR) is 75.8 cm³/mol. The smallest absolute Gasteiger partial charge is 0.0706 e. The first-order chi connectivity index (χ1) is 8.37. The molecule has 0 spiro atoms. The van der Waals surface area contributed by atoms with Gasteiger partial charge in [0.25, 0.3) is 0 Å². The Morgan fingerprint density at radius 3 is 2.61 bits per heavy atom. The molecule has 2 aliphatic heterocycles. The lowest BCUT2D eigenvalue weighted by Crippen LogP contribution is -2.63. The molecule has 2 aliphatic rings. The van der Waals surface area contributed by atoms with E-state index in [1.165, 1.54) is 12.8 Å². The monoisotopic (exact) mass is 254 g/mol. The molecule has 2 fully saturated rings. The van der Waals surface area contributed by atoms with Gasteiger partial charge in [0.05, 0.1) is 12.2 Å². The van der Waals surface area contributed by atoms with E-state index in [9.17, 15) is 0 Å². The molecule has 3 nitrogen and oxygen atoms in total. The van der Waals surface area contributed by atoms with Gasteiger partial charge in [0.2, 0.25) is 0 Å². The van der Waals surface area contributed by atoms with Crippen LogP contribution in [-0.2, 0) is 4.74 Å². The van der Waals surface area contributed by atoms with Crippen molar-refractivity contribution >= 4 is 0 Å². The second-order valence-corrected chi connectivity index (χ2v) is 7.15. The second-order valence-electron chi connectivity index (χ2n) is 7.15. The molecule has 106 valence electrons. The summed E-state index contributed by atoms with van der Waals surface area (Å²) >= 11 is 0. The van der Waals surface area contributed by atoms with Gasteiger partial charge >= 0.3 is 0 Å². The van der Waals surface area contributed by atoms with Crippen LogP contribution in [0.25, 0.3) is 0 Å². The summed E-state index contributed by atoms with van der Waals surface area (Å²) in [5, 5.41) is 3.67. The number of nitrogens with one attached hydrogen (secondary N) is 1. The first-order valence-corrected chi connectivity index (χ1v) is 7.52. The van der Waals surface area contributed by atoms with Crippen LogP contribution in [0.4, 0.5) is 0 Å². The van der Waals surface area contributed by atoms with Crippen molar-refractivity contribution in [3.63, 3.8) is 0 Å². The first-order valence-electron chi connectivity index (χ1n) is 7.52. The topological polar surface area (TPSA) is 24.5 Å². The summed E-state index contributed by atoms with van der Waals surface area (Å²) < 4.78 is 6.00. The second kappa shape index (κ2) is 5.48. The molecule has 3 unspecified atom stereocenters. The van der Waals surface area contributed by atoms with Crippen molar-refractivity contribution in [3.05, 3.63) is 0 Å². The molecule has 0 bridgehead atoms. The summed E-state index contributed by atoms with van der Waals surface area (Å²) in [6.45, 7) is 14.8. The van der Waals surface area contributed by atoms with E-state index in [0.717, 1.165) is 19.6 Å². The van der Waals surface area contributed by atoms with Crippen molar-refractivity contribution in [2.45, 2.75) is 71.2 Å². The standard InChI is InChI=1S/C15H30N2O/c1-11(2)14-8-16-15(4,5)10-17(14)9-13-7-6-12(3)18-13/h11-14,16H,6-10H2,1-5H3. The molecule has 2 heterocycles. The number of rotatable bonds is 3. The van der Waals surface area contributed by atoms with Crippen LogP contribution in [0.15, 0.2) is 0 Å². The third-order valence-electron chi connectivity index (χ3n) is 4.38. The quantitative estimate of drug-likeness (QED) is 0.836. The zero-order valence-electron chi connectivity index (χ0n) is 12.7. The molecule has 2 rings (SSSR count). The lowest BCUT2D eigenvalue weighted by atomic mass is 9.92. The zero-order valence-corrected chi connectivity index (χ0v) is 12.7. The zero-order chi connectivity index (χ0) is 13.3. The molecule has 18 heavy (non-hydrogen) atoms. The molecule has 0 amide bonds. The van der Waals surface area contributed by atoms with Crippen LogP contribution in [-0.4, -0.2) is 48.3 Å². The summed E-state index contributed by atoms with van der Waals surface area (Å²) in [5.74, 6) is 0.701. The average Bonchev–Trinajstić information content (AvgIpc) is 2.62. The minimum atomic E-state index is 0.232. The van der Waals surface area contributed by atoms with E-state index in [2.05, 4.69) is 44.8 Å². The summed E-state index contributed by atoms with van der Waals surface area (Å²) in [7, 11) is 0. The number of nitrogens with zero attached hydrogens (tertiary/aromatic N) is 1. The van der Waals surface area contributed by atoms with Gasteiger partial charge in [0.15, 0.2) is 0 Å². The van der Waals surface area contributed by atoms with Crippen molar-refractivity contribution in [2.24, 2.45) is 5.92 Å². The van der Waals surface area contributed by atoms with Crippen molar-refractivity contribution in [1.82, 2.24) is 10.2 Å². The van der Waals surface area contributed by atoms with E-state index >= 15 is 0 Å². The Hall–Kier alpha value is -0.120. The highest BCUT2D eigenvalue weighted by atomic mass is 16.5. The Morgan fingerprint density at radius 1 is 1.33 bits per heavy atom. The molecule has 1 N–H and O–H groups in total. The Labute approximate surface area is 112 Å². The van der Waals surface area contributed by atoms with Gasteiger partial charge in [0, 0.05) is 31.2 Å². The van der Waals surface area contributed by atoms with Gasteiger partial charge < -0.3 is 10.1 Å². The molecular formula is C15H30N2O. The van der Waals surface area contributed by atoms with Crippen LogP contribution in [0.5, 0.6) is 0 Å². The van der Waals surface area contributed by atoms with E-state index in [1.807, 2.05) is 0 Å². The molecule has 3 atom stereocenters. The third kappa shape index (κ3) is 3.46. The normalized spacial score (nSPS) is 37.3. The molecule has 0 aromatic heterocycles. The molecule has 0 radical (unpaired) electrons. The van der Waals surface area contributed by atoms with Crippen LogP contribution in [0.1, 0.15) is 47.5 Å². The minimum absolute atomic E-state index is 0.232. The lowest BCUT2D eigenvalue weighted by molar-refractivity contribution is -0.00618. The fraction of sp³-hybridized carbons (Fsp3) is 1.00. The third-order valence-corrected chi connectivity index (χ3v) is 4.38. The Balaban J connectivity index is 1.96. The average molecular weight is 254 g/mol. The Bertz CT molecular complexity index is 278. The highest BCUT2D eigenvalue weighted by Crippen LogP contribution is 2.25. The summed E-state index contributed by atoms with van der Waals surface area (Å²) in [6, 6.07) is 0.650. The number of hydrogen-bond acceptors (Lipinski definition) is 3. The van der Waals surface area contributed by atoms with E-state index in [-0.39, 0.29) is 5.54 Å². The summed E-state index contributed by atoms with van der Waals surface area (Å²) in [4.78, 5) is 2.66. The van der Waals surface area contributed by atoms with E-state index in [1.54, 1.807) is 0 Å². The number of piperazine rings is 1. The van der Waals surface area contributed by atoms with Gasteiger partial charge in [-0.25, -0.2) is 0 Å². The molecule has 0 aromatic rings. The van der Waals surface area contributed by atoms with Crippen LogP contribution in [0, 0.1) is 5.92 Å². The highest BCUT2D eigenvalue weighted by molar-refractivity contribution is 4.94. The van der Waals surface area contributed by atoms with Gasteiger partial charge in [-0.1, -0.05) is 13.8 Å². The Kier molecular flexibility index (Phi) is 4.35. The largest absolute Gasteiger partial charge is 0.374 e. The molecule has 2 saturated heterocycles.